The van der Waals surface area contributed by atoms with Gasteiger partial charge in [0.15, 0.2) is 0 Å². The van der Waals surface area contributed by atoms with Crippen molar-refractivity contribution in [1.82, 2.24) is 10.2 Å². The van der Waals surface area contributed by atoms with Crippen molar-refractivity contribution in [3.63, 3.8) is 0 Å². The minimum atomic E-state index is 0.449. The van der Waals surface area contributed by atoms with Crippen LogP contribution in [0.25, 0.3) is 0 Å². The van der Waals surface area contributed by atoms with E-state index in [1.165, 1.54) is 45.3 Å². The molecule has 1 heterocycles. The van der Waals surface area contributed by atoms with E-state index in [0.717, 1.165) is 6.54 Å². The molecule has 3 heteroatoms. The average molecular weight is 256 g/mol. The van der Waals surface area contributed by atoms with Gasteiger partial charge in [-0.1, -0.05) is 13.8 Å². The summed E-state index contributed by atoms with van der Waals surface area (Å²) in [7, 11) is 0. The van der Waals surface area contributed by atoms with Crippen LogP contribution in [0.4, 0.5) is 0 Å². The molecule has 1 saturated heterocycles. The molecule has 0 radical (unpaired) electrons. The van der Waals surface area contributed by atoms with Crippen LogP contribution in [-0.4, -0.2) is 49.3 Å². The van der Waals surface area contributed by atoms with Gasteiger partial charge in [-0.2, -0.15) is 0 Å². The summed E-state index contributed by atoms with van der Waals surface area (Å²) in [6.45, 7) is 13.5. The Balaban J connectivity index is 2.01. The van der Waals surface area contributed by atoms with Crippen LogP contribution < -0.4 is 5.32 Å². The highest BCUT2D eigenvalue weighted by molar-refractivity contribution is 4.74. The summed E-state index contributed by atoms with van der Waals surface area (Å²) >= 11 is 0. The third kappa shape index (κ3) is 6.17. The highest BCUT2D eigenvalue weighted by atomic mass is 16.5. The molecule has 0 aliphatic carbocycles. The number of ether oxygens (including phenoxy) is 1. The summed E-state index contributed by atoms with van der Waals surface area (Å²) in [6.07, 6.45) is 5.92. The Morgan fingerprint density at radius 2 is 2.00 bits per heavy atom. The van der Waals surface area contributed by atoms with Crippen molar-refractivity contribution in [3.05, 3.63) is 0 Å². The Morgan fingerprint density at radius 1 is 1.28 bits per heavy atom. The number of nitrogens with zero attached hydrogens (tertiary/aromatic N) is 1. The fraction of sp³-hybridized carbons (Fsp3) is 1.00. The summed E-state index contributed by atoms with van der Waals surface area (Å²) in [6, 6.07) is 0.611. The second-order valence-corrected chi connectivity index (χ2v) is 5.62. The molecule has 1 rings (SSSR count). The lowest BCUT2D eigenvalue weighted by atomic mass is 10.1. The van der Waals surface area contributed by atoms with E-state index in [4.69, 9.17) is 4.74 Å². The number of rotatable bonds is 9. The van der Waals surface area contributed by atoms with E-state index in [1.54, 1.807) is 0 Å². The van der Waals surface area contributed by atoms with Gasteiger partial charge in [0.2, 0.25) is 0 Å². The first-order valence-corrected chi connectivity index (χ1v) is 7.76. The lowest BCUT2D eigenvalue weighted by molar-refractivity contribution is 0.0544. The van der Waals surface area contributed by atoms with E-state index >= 15 is 0 Å². The van der Waals surface area contributed by atoms with Crippen molar-refractivity contribution < 1.29 is 4.74 Å². The van der Waals surface area contributed by atoms with Gasteiger partial charge in [0.25, 0.3) is 0 Å². The summed E-state index contributed by atoms with van der Waals surface area (Å²) in [4.78, 5) is 2.49. The van der Waals surface area contributed by atoms with Crippen molar-refractivity contribution in [3.8, 4) is 0 Å². The standard InChI is InChI=1S/C15H32N2O/c1-5-17(6-2)11-7-8-13(3)16-12-15-10-9-14(4)18-15/h13-16H,5-12H2,1-4H3. The van der Waals surface area contributed by atoms with Crippen LogP contribution in [0.5, 0.6) is 0 Å². The number of nitrogens with one attached hydrogen (secondary N) is 1. The maximum atomic E-state index is 5.82. The third-order valence-corrected chi connectivity index (χ3v) is 4.02. The summed E-state index contributed by atoms with van der Waals surface area (Å²) in [5.74, 6) is 0. The SMILES string of the molecule is CCN(CC)CCCC(C)NCC1CCC(C)O1. The highest BCUT2D eigenvalue weighted by Gasteiger charge is 2.21. The predicted molar refractivity (Wildman–Crippen MR) is 78.1 cm³/mol. The molecule has 1 fully saturated rings. The van der Waals surface area contributed by atoms with Gasteiger partial charge in [0.1, 0.15) is 0 Å². The molecule has 0 bridgehead atoms. The largest absolute Gasteiger partial charge is 0.374 e. The Morgan fingerprint density at radius 3 is 2.56 bits per heavy atom. The molecule has 0 saturated carbocycles. The second kappa shape index (κ2) is 8.89. The lowest BCUT2D eigenvalue weighted by Crippen LogP contribution is -2.34. The van der Waals surface area contributed by atoms with Crippen LogP contribution in [0.15, 0.2) is 0 Å². The molecule has 3 nitrogen and oxygen atoms in total. The fourth-order valence-corrected chi connectivity index (χ4v) is 2.63. The molecule has 1 aliphatic rings. The third-order valence-electron chi connectivity index (χ3n) is 4.02. The van der Waals surface area contributed by atoms with Crippen molar-refractivity contribution in [1.29, 1.82) is 0 Å². The lowest BCUT2D eigenvalue weighted by Gasteiger charge is -2.21. The van der Waals surface area contributed by atoms with Crippen molar-refractivity contribution in [2.24, 2.45) is 0 Å². The number of hydrogen-bond donors (Lipinski definition) is 1. The Kier molecular flexibility index (Phi) is 7.87. The molecule has 3 atom stereocenters. The van der Waals surface area contributed by atoms with Gasteiger partial charge < -0.3 is 15.0 Å². The van der Waals surface area contributed by atoms with Gasteiger partial charge in [-0.25, -0.2) is 0 Å². The predicted octanol–water partition coefficient (Wildman–Crippen LogP) is 2.65. The first-order chi connectivity index (χ1) is 8.65. The highest BCUT2D eigenvalue weighted by Crippen LogP contribution is 2.18. The minimum absolute atomic E-state index is 0.449. The van der Waals surface area contributed by atoms with Crippen LogP contribution in [0.2, 0.25) is 0 Å². The number of hydrogen-bond acceptors (Lipinski definition) is 3. The molecule has 0 aromatic carbocycles. The van der Waals surface area contributed by atoms with E-state index in [1.807, 2.05) is 0 Å². The molecule has 0 amide bonds. The molecule has 0 aromatic heterocycles. The topological polar surface area (TPSA) is 24.5 Å². The van der Waals surface area contributed by atoms with Crippen LogP contribution in [0.3, 0.4) is 0 Å². The van der Waals surface area contributed by atoms with E-state index < -0.39 is 0 Å². The maximum Gasteiger partial charge on any atom is 0.0704 e. The van der Waals surface area contributed by atoms with E-state index in [0.29, 0.717) is 18.2 Å². The molecule has 3 unspecified atom stereocenters. The Bertz CT molecular complexity index is 207. The Hall–Kier alpha value is -0.120. The van der Waals surface area contributed by atoms with Crippen LogP contribution >= 0.6 is 0 Å². The van der Waals surface area contributed by atoms with Crippen LogP contribution in [0, 0.1) is 0 Å². The zero-order valence-corrected chi connectivity index (χ0v) is 12.7. The molecule has 108 valence electrons. The molecule has 0 spiro atoms. The average Bonchev–Trinajstić information content (AvgIpc) is 2.78. The van der Waals surface area contributed by atoms with E-state index in [-0.39, 0.29) is 0 Å². The van der Waals surface area contributed by atoms with Gasteiger partial charge in [0.05, 0.1) is 12.2 Å². The monoisotopic (exact) mass is 256 g/mol. The maximum absolute atomic E-state index is 5.82. The van der Waals surface area contributed by atoms with E-state index in [9.17, 15) is 0 Å². The molecule has 0 aromatic rings. The molecule has 1 N–H and O–H groups in total. The van der Waals surface area contributed by atoms with Crippen molar-refractivity contribution in [2.75, 3.05) is 26.2 Å². The summed E-state index contributed by atoms with van der Waals surface area (Å²) < 4.78 is 5.82. The van der Waals surface area contributed by atoms with Gasteiger partial charge in [-0.15, -0.1) is 0 Å². The Labute approximate surface area is 113 Å². The molecule has 18 heavy (non-hydrogen) atoms. The summed E-state index contributed by atoms with van der Waals surface area (Å²) in [5, 5.41) is 3.61. The van der Waals surface area contributed by atoms with Crippen molar-refractivity contribution in [2.45, 2.75) is 71.6 Å². The molecule has 1 aliphatic heterocycles. The summed E-state index contributed by atoms with van der Waals surface area (Å²) in [5.41, 5.74) is 0. The first kappa shape index (κ1) is 15.9. The van der Waals surface area contributed by atoms with Gasteiger partial charge in [-0.05, 0) is 59.2 Å². The first-order valence-electron chi connectivity index (χ1n) is 7.76. The molecular formula is C15H32N2O. The van der Waals surface area contributed by atoms with Gasteiger partial charge in [0, 0.05) is 12.6 Å². The normalized spacial score (nSPS) is 25.8. The van der Waals surface area contributed by atoms with Crippen molar-refractivity contribution >= 4 is 0 Å². The van der Waals surface area contributed by atoms with Gasteiger partial charge >= 0.3 is 0 Å². The van der Waals surface area contributed by atoms with Gasteiger partial charge in [-0.3, -0.25) is 0 Å². The zero-order valence-electron chi connectivity index (χ0n) is 12.7. The second-order valence-electron chi connectivity index (χ2n) is 5.62. The van der Waals surface area contributed by atoms with E-state index in [2.05, 4.69) is 37.9 Å². The minimum Gasteiger partial charge on any atom is -0.374 e. The fourth-order valence-electron chi connectivity index (χ4n) is 2.63. The van der Waals surface area contributed by atoms with Crippen LogP contribution in [0.1, 0.15) is 53.4 Å². The molecular weight excluding hydrogens is 224 g/mol. The smallest absolute Gasteiger partial charge is 0.0704 e. The quantitative estimate of drug-likeness (QED) is 0.686. The van der Waals surface area contributed by atoms with Crippen LogP contribution in [-0.2, 0) is 4.74 Å². The zero-order chi connectivity index (χ0) is 13.4.